The Labute approximate surface area is 136 Å². The van der Waals surface area contributed by atoms with E-state index >= 15 is 0 Å². The number of anilines is 2. The molecule has 1 amide bonds. The second-order valence-corrected chi connectivity index (χ2v) is 6.04. The molecule has 1 aromatic rings. The van der Waals surface area contributed by atoms with E-state index in [0.717, 1.165) is 49.7 Å². The van der Waals surface area contributed by atoms with Crippen molar-refractivity contribution in [2.24, 2.45) is 0 Å². The molecule has 0 spiro atoms. The third kappa shape index (κ3) is 3.68. The molecule has 7 heteroatoms. The van der Waals surface area contributed by atoms with Gasteiger partial charge >= 0.3 is 6.09 Å². The summed E-state index contributed by atoms with van der Waals surface area (Å²) in [6, 6.07) is 6.29. The van der Waals surface area contributed by atoms with Crippen molar-refractivity contribution in [3.8, 4) is 0 Å². The highest BCUT2D eigenvalue weighted by Crippen LogP contribution is 2.27. The lowest BCUT2D eigenvalue weighted by atomic mass is 10.1. The van der Waals surface area contributed by atoms with Crippen molar-refractivity contribution in [2.45, 2.75) is 19.0 Å². The van der Waals surface area contributed by atoms with Gasteiger partial charge in [0.1, 0.15) is 0 Å². The van der Waals surface area contributed by atoms with Gasteiger partial charge in [0.05, 0.1) is 24.6 Å². The number of nitrogens with two attached hydrogens (primary N) is 1. The number of nitrogen functional groups attached to an aromatic ring is 1. The molecule has 0 bridgehead atoms. The zero-order valence-corrected chi connectivity index (χ0v) is 13.2. The van der Waals surface area contributed by atoms with Gasteiger partial charge in [-0.2, -0.15) is 0 Å². The number of morpholine rings is 1. The molecule has 1 unspecified atom stereocenters. The van der Waals surface area contributed by atoms with Crippen LogP contribution >= 0.6 is 0 Å². The summed E-state index contributed by atoms with van der Waals surface area (Å²) in [5, 5.41) is 12.4. The molecular formula is C16H24N4O3. The van der Waals surface area contributed by atoms with Crippen LogP contribution in [0.4, 0.5) is 16.2 Å². The maximum Gasteiger partial charge on any atom is 0.407 e. The van der Waals surface area contributed by atoms with Crippen molar-refractivity contribution in [3.63, 3.8) is 0 Å². The van der Waals surface area contributed by atoms with Crippen molar-refractivity contribution in [2.75, 3.05) is 50.0 Å². The zero-order chi connectivity index (χ0) is 16.2. The Morgan fingerprint density at radius 2 is 2.13 bits per heavy atom. The molecule has 1 atom stereocenters. The number of nitrogens with one attached hydrogen (secondary N) is 1. The van der Waals surface area contributed by atoms with Gasteiger partial charge in [-0.05, 0) is 18.1 Å². The molecule has 7 nitrogen and oxygen atoms in total. The normalized spacial score (nSPS) is 21.7. The largest absolute Gasteiger partial charge is 0.465 e. The molecule has 0 aromatic heterocycles. The van der Waals surface area contributed by atoms with Crippen molar-refractivity contribution in [1.82, 2.24) is 10.2 Å². The van der Waals surface area contributed by atoms with Crippen molar-refractivity contribution in [3.05, 3.63) is 23.8 Å². The lowest BCUT2D eigenvalue weighted by molar-refractivity contribution is 0.123. The van der Waals surface area contributed by atoms with Crippen LogP contribution < -0.4 is 16.0 Å². The number of hydrogen-bond donors (Lipinski definition) is 3. The van der Waals surface area contributed by atoms with Crippen LogP contribution in [0.25, 0.3) is 0 Å². The Hall–Kier alpha value is -1.99. The first-order valence-electron chi connectivity index (χ1n) is 8.06. The monoisotopic (exact) mass is 320 g/mol. The second-order valence-electron chi connectivity index (χ2n) is 6.04. The first kappa shape index (κ1) is 15.9. The van der Waals surface area contributed by atoms with Gasteiger partial charge in [-0.25, -0.2) is 4.79 Å². The standard InChI is InChI=1S/C16H24N4O3/c17-15-12(10-18-13-4-5-20(11-13)16(21)22)2-1-3-14(15)19-6-8-23-9-7-19/h1-3,13,18H,4-11,17H2,(H,21,22). The van der Waals surface area contributed by atoms with Crippen LogP contribution in [0.15, 0.2) is 18.2 Å². The SMILES string of the molecule is Nc1c(CNC2CCN(C(=O)O)C2)cccc1N1CCOCC1. The summed E-state index contributed by atoms with van der Waals surface area (Å²) < 4.78 is 5.39. The molecule has 2 saturated heterocycles. The van der Waals surface area contributed by atoms with Gasteiger partial charge < -0.3 is 30.7 Å². The van der Waals surface area contributed by atoms with Crippen LogP contribution in [-0.4, -0.2) is 61.5 Å². The summed E-state index contributed by atoms with van der Waals surface area (Å²) in [4.78, 5) is 14.7. The Bertz CT molecular complexity index is 560. The first-order valence-corrected chi connectivity index (χ1v) is 8.06. The van der Waals surface area contributed by atoms with E-state index in [1.165, 1.54) is 4.90 Å². The highest BCUT2D eigenvalue weighted by atomic mass is 16.5. The van der Waals surface area contributed by atoms with Gasteiger partial charge in [-0.3, -0.25) is 0 Å². The summed E-state index contributed by atoms with van der Waals surface area (Å²) in [7, 11) is 0. The molecule has 1 aromatic carbocycles. The topological polar surface area (TPSA) is 91.1 Å². The predicted octanol–water partition coefficient (Wildman–Crippen LogP) is 0.947. The Kier molecular flexibility index (Phi) is 4.88. The molecule has 2 aliphatic rings. The van der Waals surface area contributed by atoms with E-state index in [0.29, 0.717) is 19.6 Å². The van der Waals surface area contributed by atoms with E-state index in [1.54, 1.807) is 0 Å². The van der Waals surface area contributed by atoms with E-state index in [4.69, 9.17) is 15.6 Å². The van der Waals surface area contributed by atoms with Crippen LogP contribution in [0.3, 0.4) is 0 Å². The van der Waals surface area contributed by atoms with Gasteiger partial charge in [-0.15, -0.1) is 0 Å². The van der Waals surface area contributed by atoms with Crippen LogP contribution in [0.5, 0.6) is 0 Å². The van der Waals surface area contributed by atoms with Gasteiger partial charge in [0.25, 0.3) is 0 Å². The fourth-order valence-corrected chi connectivity index (χ4v) is 3.19. The number of hydrogen-bond acceptors (Lipinski definition) is 5. The van der Waals surface area contributed by atoms with Crippen molar-refractivity contribution < 1.29 is 14.6 Å². The zero-order valence-electron chi connectivity index (χ0n) is 13.2. The maximum atomic E-state index is 11.0. The molecule has 2 fully saturated rings. The number of benzene rings is 1. The number of rotatable bonds is 4. The molecule has 126 valence electrons. The molecule has 0 saturated carbocycles. The Morgan fingerprint density at radius 3 is 2.83 bits per heavy atom. The third-order valence-corrected chi connectivity index (χ3v) is 4.57. The number of amides is 1. The smallest absolute Gasteiger partial charge is 0.407 e. The van der Waals surface area contributed by atoms with E-state index in [2.05, 4.69) is 10.2 Å². The number of nitrogens with zero attached hydrogens (tertiary/aromatic N) is 2. The van der Waals surface area contributed by atoms with E-state index in [-0.39, 0.29) is 6.04 Å². The second kappa shape index (κ2) is 7.06. The van der Waals surface area contributed by atoms with Gasteiger partial charge in [-0.1, -0.05) is 12.1 Å². The summed E-state index contributed by atoms with van der Waals surface area (Å²) in [5.41, 5.74) is 9.27. The summed E-state index contributed by atoms with van der Waals surface area (Å²) in [6.07, 6.45) is -0.00171. The van der Waals surface area contributed by atoms with Crippen LogP contribution in [0, 0.1) is 0 Å². The van der Waals surface area contributed by atoms with Crippen LogP contribution in [-0.2, 0) is 11.3 Å². The number of likely N-dealkylation sites (tertiary alicyclic amines) is 1. The quantitative estimate of drug-likeness (QED) is 0.716. The lowest BCUT2D eigenvalue weighted by Crippen LogP contribution is -2.37. The minimum atomic E-state index is -0.844. The number of carboxylic acid groups (broad SMARTS) is 1. The summed E-state index contributed by atoms with van der Waals surface area (Å²) in [5.74, 6) is 0. The van der Waals surface area contributed by atoms with Crippen LogP contribution in [0.1, 0.15) is 12.0 Å². The Balaban J connectivity index is 1.61. The minimum Gasteiger partial charge on any atom is -0.465 e. The van der Waals surface area contributed by atoms with E-state index < -0.39 is 6.09 Å². The van der Waals surface area contributed by atoms with E-state index in [9.17, 15) is 4.79 Å². The number of carbonyl (C=O) groups is 1. The fraction of sp³-hybridized carbons (Fsp3) is 0.562. The molecule has 2 heterocycles. The average Bonchev–Trinajstić information content (AvgIpc) is 3.04. The van der Waals surface area contributed by atoms with Gasteiger partial charge in [0, 0.05) is 38.8 Å². The summed E-state index contributed by atoms with van der Waals surface area (Å²) in [6.45, 7) is 4.97. The van der Waals surface area contributed by atoms with Crippen molar-refractivity contribution in [1.29, 1.82) is 0 Å². The third-order valence-electron chi connectivity index (χ3n) is 4.57. The minimum absolute atomic E-state index is 0.192. The molecule has 4 N–H and O–H groups in total. The molecule has 0 radical (unpaired) electrons. The molecule has 3 rings (SSSR count). The highest BCUT2D eigenvalue weighted by molar-refractivity contribution is 5.71. The lowest BCUT2D eigenvalue weighted by Gasteiger charge is -2.30. The van der Waals surface area contributed by atoms with E-state index in [1.807, 2.05) is 18.2 Å². The first-order chi connectivity index (χ1) is 11.1. The summed E-state index contributed by atoms with van der Waals surface area (Å²) >= 11 is 0. The molecule has 23 heavy (non-hydrogen) atoms. The molecular weight excluding hydrogens is 296 g/mol. The van der Waals surface area contributed by atoms with Crippen LogP contribution in [0.2, 0.25) is 0 Å². The molecule has 0 aliphatic carbocycles. The maximum absolute atomic E-state index is 11.0. The van der Waals surface area contributed by atoms with Gasteiger partial charge in [0.15, 0.2) is 0 Å². The fourth-order valence-electron chi connectivity index (χ4n) is 3.19. The highest BCUT2D eigenvalue weighted by Gasteiger charge is 2.25. The number of para-hydroxylation sites is 1. The average molecular weight is 320 g/mol. The van der Waals surface area contributed by atoms with Gasteiger partial charge in [0.2, 0.25) is 0 Å². The van der Waals surface area contributed by atoms with Crippen molar-refractivity contribution >= 4 is 17.5 Å². The predicted molar refractivity (Wildman–Crippen MR) is 88.7 cm³/mol. The molecule has 2 aliphatic heterocycles. The number of ether oxygens (including phenoxy) is 1. The Morgan fingerprint density at radius 1 is 1.35 bits per heavy atom.